The third kappa shape index (κ3) is 3.46. The topological polar surface area (TPSA) is 87.5 Å². The summed E-state index contributed by atoms with van der Waals surface area (Å²) in [6, 6.07) is 5.44. The molecule has 4 aromatic heterocycles. The number of aryl methyl sites for hydroxylation is 1. The number of pyridine rings is 3. The lowest BCUT2D eigenvalue weighted by atomic mass is 10.1. The minimum absolute atomic E-state index is 0.221. The number of carbonyl (C=O) groups excluding carboxylic acids is 1. The number of anilines is 2. The number of carbonyl (C=O) groups is 1. The molecule has 158 valence electrons. The van der Waals surface area contributed by atoms with E-state index in [4.69, 9.17) is 0 Å². The number of nitrogens with zero attached hydrogens (tertiary/aromatic N) is 5. The van der Waals surface area contributed by atoms with Crippen LogP contribution in [0.2, 0.25) is 0 Å². The molecule has 5 heterocycles. The predicted molar refractivity (Wildman–Crippen MR) is 117 cm³/mol. The summed E-state index contributed by atoms with van der Waals surface area (Å²) < 4.78 is 15.9. The van der Waals surface area contributed by atoms with E-state index in [9.17, 15) is 9.18 Å². The van der Waals surface area contributed by atoms with E-state index in [1.165, 1.54) is 6.07 Å². The largest absolute Gasteiger partial charge is 0.354 e. The van der Waals surface area contributed by atoms with Gasteiger partial charge in [-0.3, -0.25) is 9.78 Å². The van der Waals surface area contributed by atoms with Crippen molar-refractivity contribution < 1.29 is 9.18 Å². The van der Waals surface area contributed by atoms with Crippen molar-refractivity contribution in [1.82, 2.24) is 24.7 Å². The van der Waals surface area contributed by atoms with E-state index in [-0.39, 0.29) is 5.65 Å². The molecule has 9 heteroatoms. The molecule has 0 bridgehead atoms. The second-order valence-electron chi connectivity index (χ2n) is 7.76. The van der Waals surface area contributed by atoms with E-state index < -0.39 is 11.7 Å². The van der Waals surface area contributed by atoms with E-state index in [1.807, 2.05) is 19.2 Å². The number of rotatable bonds is 4. The molecule has 5 rings (SSSR count). The second kappa shape index (κ2) is 7.59. The molecule has 0 radical (unpaired) electrons. The normalized spacial score (nSPS) is 16.4. The Kier molecular flexibility index (Phi) is 4.74. The van der Waals surface area contributed by atoms with E-state index >= 15 is 0 Å². The lowest BCUT2D eigenvalue weighted by Crippen LogP contribution is -2.30. The van der Waals surface area contributed by atoms with Crippen molar-refractivity contribution in [3.63, 3.8) is 0 Å². The van der Waals surface area contributed by atoms with Crippen molar-refractivity contribution in [2.45, 2.75) is 19.4 Å². The third-order valence-corrected chi connectivity index (χ3v) is 5.64. The number of hydrogen-bond acceptors (Lipinski definition) is 6. The number of likely N-dealkylation sites (N-methyl/N-ethyl adjacent to an activating group) is 1. The molecule has 0 unspecified atom stereocenters. The fourth-order valence-corrected chi connectivity index (χ4v) is 4.11. The number of amides is 1. The van der Waals surface area contributed by atoms with Gasteiger partial charge in [-0.05, 0) is 32.5 Å². The van der Waals surface area contributed by atoms with Gasteiger partial charge in [0.05, 0.1) is 22.5 Å². The van der Waals surface area contributed by atoms with Gasteiger partial charge in [0.2, 0.25) is 0 Å². The zero-order valence-corrected chi connectivity index (χ0v) is 17.3. The van der Waals surface area contributed by atoms with Crippen LogP contribution < -0.4 is 15.5 Å². The van der Waals surface area contributed by atoms with Gasteiger partial charge in [0.15, 0.2) is 11.5 Å². The number of hydrogen-bond donors (Lipinski definition) is 2. The molecule has 4 aromatic rings. The first kappa shape index (κ1) is 19.4. The van der Waals surface area contributed by atoms with Gasteiger partial charge < -0.3 is 19.9 Å². The van der Waals surface area contributed by atoms with Crippen LogP contribution in [0.4, 0.5) is 15.9 Å². The lowest BCUT2D eigenvalue weighted by Gasteiger charge is -2.20. The van der Waals surface area contributed by atoms with E-state index in [0.717, 1.165) is 30.7 Å². The maximum Gasteiger partial charge on any atom is 0.259 e. The first-order valence-corrected chi connectivity index (χ1v) is 10.2. The summed E-state index contributed by atoms with van der Waals surface area (Å²) in [5.41, 5.74) is 2.15. The molecule has 0 saturated carbocycles. The Morgan fingerprint density at radius 1 is 1.29 bits per heavy atom. The zero-order chi connectivity index (χ0) is 21.5. The molecule has 1 amide bonds. The van der Waals surface area contributed by atoms with Crippen molar-refractivity contribution >= 4 is 34.0 Å². The Morgan fingerprint density at radius 3 is 2.97 bits per heavy atom. The van der Waals surface area contributed by atoms with Gasteiger partial charge in [-0.2, -0.15) is 0 Å². The number of halogens is 1. The van der Waals surface area contributed by atoms with Crippen LogP contribution in [-0.4, -0.2) is 51.4 Å². The Hall–Kier alpha value is -3.59. The summed E-state index contributed by atoms with van der Waals surface area (Å²) in [7, 11) is 1.96. The smallest absolute Gasteiger partial charge is 0.259 e. The third-order valence-electron chi connectivity index (χ3n) is 5.64. The van der Waals surface area contributed by atoms with Crippen LogP contribution in [0.25, 0.3) is 16.6 Å². The van der Waals surface area contributed by atoms with Gasteiger partial charge in [0.25, 0.3) is 5.91 Å². The van der Waals surface area contributed by atoms with E-state index in [0.29, 0.717) is 28.5 Å². The standard InChI is InChI=1S/C22H22FN7O/c1-13-10-30-12-15(8-18(23)21(30)27-13)28-22(31)17-9-26-20(16-4-3-6-25-19(16)17)29-7-5-14(11-29)24-2/h3-4,6,8-10,12,14,24H,5,7,11H2,1-2H3,(H,28,31)/t14-/m0/s1. The number of fused-ring (bicyclic) bond motifs is 2. The summed E-state index contributed by atoms with van der Waals surface area (Å²) >= 11 is 0. The summed E-state index contributed by atoms with van der Waals surface area (Å²) in [5, 5.41) is 6.89. The van der Waals surface area contributed by atoms with Crippen molar-refractivity contribution in [3.05, 3.63) is 60.1 Å². The Labute approximate surface area is 178 Å². The van der Waals surface area contributed by atoms with E-state index in [2.05, 4.69) is 30.5 Å². The van der Waals surface area contributed by atoms with Crippen LogP contribution in [-0.2, 0) is 0 Å². The average Bonchev–Trinajstić information content (AvgIpc) is 3.39. The minimum atomic E-state index is -0.504. The SMILES string of the molecule is CN[C@H]1CCN(c2ncc(C(=O)Nc3cc(F)c4nc(C)cn4c3)c3ncccc23)C1. The van der Waals surface area contributed by atoms with Crippen molar-refractivity contribution in [1.29, 1.82) is 0 Å². The maximum atomic E-state index is 14.4. The summed E-state index contributed by atoms with van der Waals surface area (Å²) in [4.78, 5) is 28.4. The average molecular weight is 419 g/mol. The summed E-state index contributed by atoms with van der Waals surface area (Å²) in [5.74, 6) is -0.0814. The molecule has 2 N–H and O–H groups in total. The van der Waals surface area contributed by atoms with Gasteiger partial charge in [-0.15, -0.1) is 0 Å². The first-order valence-electron chi connectivity index (χ1n) is 10.2. The highest BCUT2D eigenvalue weighted by molar-refractivity contribution is 6.13. The molecular formula is C22H22FN7O. The minimum Gasteiger partial charge on any atom is -0.354 e. The van der Waals surface area contributed by atoms with Crippen LogP contribution in [0.5, 0.6) is 0 Å². The predicted octanol–water partition coefficient (Wildman–Crippen LogP) is 2.78. The Morgan fingerprint density at radius 2 is 2.16 bits per heavy atom. The van der Waals surface area contributed by atoms with Gasteiger partial charge in [0.1, 0.15) is 5.82 Å². The van der Waals surface area contributed by atoms with Crippen LogP contribution in [0.1, 0.15) is 22.5 Å². The molecule has 1 aliphatic rings. The van der Waals surface area contributed by atoms with Crippen LogP contribution in [0.3, 0.4) is 0 Å². The first-order chi connectivity index (χ1) is 15.0. The van der Waals surface area contributed by atoms with Crippen LogP contribution >= 0.6 is 0 Å². The molecule has 0 aliphatic carbocycles. The fourth-order valence-electron chi connectivity index (χ4n) is 4.11. The molecule has 31 heavy (non-hydrogen) atoms. The monoisotopic (exact) mass is 419 g/mol. The highest BCUT2D eigenvalue weighted by atomic mass is 19.1. The van der Waals surface area contributed by atoms with Crippen LogP contribution in [0.15, 0.2) is 43.0 Å². The Bertz CT molecular complexity index is 1300. The zero-order valence-electron chi connectivity index (χ0n) is 17.3. The van der Waals surface area contributed by atoms with Gasteiger partial charge in [0, 0.05) is 55.4 Å². The molecule has 1 saturated heterocycles. The van der Waals surface area contributed by atoms with Crippen molar-refractivity contribution in [3.8, 4) is 0 Å². The molecule has 0 spiro atoms. The lowest BCUT2D eigenvalue weighted by molar-refractivity contribution is 0.102. The Balaban J connectivity index is 1.49. The molecule has 1 aliphatic heterocycles. The molecular weight excluding hydrogens is 397 g/mol. The van der Waals surface area contributed by atoms with Gasteiger partial charge in [-0.1, -0.05) is 0 Å². The van der Waals surface area contributed by atoms with Gasteiger partial charge >= 0.3 is 0 Å². The fraction of sp³-hybridized carbons (Fsp3) is 0.273. The molecule has 1 fully saturated rings. The van der Waals surface area contributed by atoms with Gasteiger partial charge in [-0.25, -0.2) is 14.4 Å². The summed E-state index contributed by atoms with van der Waals surface area (Å²) in [6.07, 6.45) is 7.57. The number of nitrogens with one attached hydrogen (secondary N) is 2. The highest BCUT2D eigenvalue weighted by Gasteiger charge is 2.25. The number of aromatic nitrogens is 4. The molecule has 0 aromatic carbocycles. The highest BCUT2D eigenvalue weighted by Crippen LogP contribution is 2.29. The van der Waals surface area contributed by atoms with Crippen LogP contribution in [0, 0.1) is 12.7 Å². The van der Waals surface area contributed by atoms with Crippen molar-refractivity contribution in [2.75, 3.05) is 30.4 Å². The van der Waals surface area contributed by atoms with E-state index in [1.54, 1.807) is 36.1 Å². The second-order valence-corrected chi connectivity index (χ2v) is 7.76. The number of imidazole rings is 1. The maximum absolute atomic E-state index is 14.4. The quantitative estimate of drug-likeness (QED) is 0.529. The summed E-state index contributed by atoms with van der Waals surface area (Å²) in [6.45, 7) is 3.52. The molecule has 1 atom stereocenters. The van der Waals surface area contributed by atoms with Crippen molar-refractivity contribution in [2.24, 2.45) is 0 Å². The molecule has 8 nitrogen and oxygen atoms in total.